The number of nitrogens with zero attached hydrogens (tertiary/aromatic N) is 3. The highest BCUT2D eigenvalue weighted by molar-refractivity contribution is 5.79. The number of hydrogen-bond donors (Lipinski definition) is 0. The van der Waals surface area contributed by atoms with Gasteiger partial charge < -0.3 is 0 Å². The lowest BCUT2D eigenvalue weighted by atomic mass is 10.1. The fourth-order valence-corrected chi connectivity index (χ4v) is 2.39. The molecule has 23 heavy (non-hydrogen) atoms. The van der Waals surface area contributed by atoms with Crippen LogP contribution in [0.15, 0.2) is 92.5 Å². The van der Waals surface area contributed by atoms with Crippen LogP contribution in [-0.4, -0.2) is 14.6 Å². The van der Waals surface area contributed by atoms with E-state index >= 15 is 0 Å². The Morgan fingerprint density at radius 2 is 1.87 bits per heavy atom. The van der Waals surface area contributed by atoms with E-state index in [1.54, 1.807) is 16.7 Å². The van der Waals surface area contributed by atoms with Crippen LogP contribution < -0.4 is 0 Å². The molecule has 0 radical (unpaired) electrons. The van der Waals surface area contributed by atoms with E-state index in [1.807, 2.05) is 55.0 Å². The van der Waals surface area contributed by atoms with Crippen LogP contribution in [0.5, 0.6) is 0 Å². The maximum absolute atomic E-state index is 4.59. The molecule has 0 atom stereocenters. The van der Waals surface area contributed by atoms with Crippen molar-refractivity contribution in [1.82, 2.24) is 14.6 Å². The number of rotatable bonds is 5. The molecule has 3 rings (SSSR count). The van der Waals surface area contributed by atoms with Crippen LogP contribution in [0.3, 0.4) is 0 Å². The summed E-state index contributed by atoms with van der Waals surface area (Å²) < 4.78 is 1.80. The van der Waals surface area contributed by atoms with Gasteiger partial charge in [0, 0.05) is 23.5 Å². The molecule has 0 aliphatic rings. The van der Waals surface area contributed by atoms with Crippen molar-refractivity contribution in [2.24, 2.45) is 0 Å². The number of fused-ring (bicyclic) bond motifs is 1. The fraction of sp³-hybridized carbons (Fsp3) is 0. The minimum absolute atomic E-state index is 0.839. The number of allylic oxidation sites excluding steroid dienone is 6. The van der Waals surface area contributed by atoms with E-state index in [2.05, 4.69) is 35.4 Å². The molecule has 0 aliphatic heterocycles. The first-order chi connectivity index (χ1) is 11.3. The predicted molar refractivity (Wildman–Crippen MR) is 95.9 cm³/mol. The Morgan fingerprint density at radius 3 is 2.61 bits per heavy atom. The van der Waals surface area contributed by atoms with E-state index in [0.29, 0.717) is 0 Å². The first kappa shape index (κ1) is 14.7. The number of hydrogen-bond acceptors (Lipinski definition) is 2. The van der Waals surface area contributed by atoms with Crippen molar-refractivity contribution < 1.29 is 0 Å². The third kappa shape index (κ3) is 3.04. The summed E-state index contributed by atoms with van der Waals surface area (Å²) in [6.45, 7) is 7.46. The molecule has 2 heterocycles. The largest absolute Gasteiger partial charge is 0.236 e. The highest BCUT2D eigenvalue weighted by atomic mass is 15.2. The van der Waals surface area contributed by atoms with Gasteiger partial charge in [0.2, 0.25) is 0 Å². The smallest absolute Gasteiger partial charge is 0.162 e. The second-order valence-corrected chi connectivity index (χ2v) is 4.99. The van der Waals surface area contributed by atoms with Gasteiger partial charge in [-0.1, -0.05) is 73.9 Å². The molecule has 0 aliphatic carbocycles. The first-order valence-electron chi connectivity index (χ1n) is 7.34. The minimum Gasteiger partial charge on any atom is -0.236 e. The van der Waals surface area contributed by atoms with E-state index in [9.17, 15) is 0 Å². The van der Waals surface area contributed by atoms with Crippen molar-refractivity contribution >= 4 is 11.2 Å². The average Bonchev–Trinajstić information content (AvgIpc) is 3.02. The number of aromatic nitrogens is 3. The zero-order chi connectivity index (χ0) is 16.1. The normalized spacial score (nSPS) is 11.9. The highest BCUT2D eigenvalue weighted by Gasteiger charge is 2.09. The maximum atomic E-state index is 4.59. The van der Waals surface area contributed by atoms with Crippen LogP contribution in [0, 0.1) is 0 Å². The summed E-state index contributed by atoms with van der Waals surface area (Å²) >= 11 is 0. The lowest BCUT2D eigenvalue weighted by molar-refractivity contribution is 0.935. The van der Waals surface area contributed by atoms with Crippen LogP contribution in [0.25, 0.3) is 22.3 Å². The molecule has 0 saturated carbocycles. The van der Waals surface area contributed by atoms with E-state index in [0.717, 1.165) is 27.9 Å². The summed E-state index contributed by atoms with van der Waals surface area (Å²) in [6, 6.07) is 10.1. The van der Waals surface area contributed by atoms with Gasteiger partial charge in [-0.15, -0.1) is 0 Å². The van der Waals surface area contributed by atoms with E-state index < -0.39 is 0 Å². The Morgan fingerprint density at radius 1 is 1.04 bits per heavy atom. The molecule has 0 spiro atoms. The second-order valence-electron chi connectivity index (χ2n) is 4.99. The molecule has 2 aromatic heterocycles. The molecule has 0 unspecified atom stereocenters. The second kappa shape index (κ2) is 6.71. The fourth-order valence-electron chi connectivity index (χ4n) is 2.39. The average molecular weight is 299 g/mol. The van der Waals surface area contributed by atoms with Gasteiger partial charge in [0.25, 0.3) is 0 Å². The minimum atomic E-state index is 0.839. The first-order valence-corrected chi connectivity index (χ1v) is 7.34. The molecular weight excluding hydrogens is 282 g/mol. The SMILES string of the molecule is C=C/C=C\C(=C/C=C)c1cnc2c(-c3ccccc3)cnn2c1. The Bertz CT molecular complexity index is 899. The Kier molecular flexibility index (Phi) is 4.29. The van der Waals surface area contributed by atoms with Crippen LogP contribution in [0.2, 0.25) is 0 Å². The Labute approximate surface area is 135 Å². The van der Waals surface area contributed by atoms with Gasteiger partial charge in [0.1, 0.15) is 0 Å². The van der Waals surface area contributed by atoms with Crippen LogP contribution in [-0.2, 0) is 0 Å². The molecule has 0 N–H and O–H groups in total. The maximum Gasteiger partial charge on any atom is 0.162 e. The van der Waals surface area contributed by atoms with Gasteiger partial charge >= 0.3 is 0 Å². The number of benzene rings is 1. The molecule has 1 aromatic carbocycles. The summed E-state index contributed by atoms with van der Waals surface area (Å²) in [7, 11) is 0. The zero-order valence-corrected chi connectivity index (χ0v) is 12.8. The lowest BCUT2D eigenvalue weighted by Gasteiger charge is -2.03. The molecule has 112 valence electrons. The monoisotopic (exact) mass is 299 g/mol. The van der Waals surface area contributed by atoms with E-state index in [1.165, 1.54) is 0 Å². The van der Waals surface area contributed by atoms with Gasteiger partial charge in [-0.3, -0.25) is 0 Å². The highest BCUT2D eigenvalue weighted by Crippen LogP contribution is 2.24. The van der Waals surface area contributed by atoms with E-state index in [4.69, 9.17) is 0 Å². The van der Waals surface area contributed by atoms with Crippen molar-refractivity contribution in [2.45, 2.75) is 0 Å². The van der Waals surface area contributed by atoms with Gasteiger partial charge in [0.05, 0.1) is 6.20 Å². The molecule has 3 heteroatoms. The van der Waals surface area contributed by atoms with Gasteiger partial charge in [-0.05, 0) is 11.1 Å². The van der Waals surface area contributed by atoms with Gasteiger partial charge in [-0.2, -0.15) is 5.10 Å². The van der Waals surface area contributed by atoms with Gasteiger partial charge in [0.15, 0.2) is 5.65 Å². The summed E-state index contributed by atoms with van der Waals surface area (Å²) in [5.41, 5.74) is 4.94. The summed E-state index contributed by atoms with van der Waals surface area (Å²) in [5.74, 6) is 0. The summed E-state index contributed by atoms with van der Waals surface area (Å²) in [5, 5.41) is 4.44. The molecule has 3 nitrogen and oxygen atoms in total. The molecule has 3 aromatic rings. The molecule has 0 amide bonds. The van der Waals surface area contributed by atoms with Crippen molar-refractivity contribution in [2.75, 3.05) is 0 Å². The van der Waals surface area contributed by atoms with Gasteiger partial charge in [-0.25, -0.2) is 9.50 Å². The third-order valence-electron chi connectivity index (χ3n) is 3.48. The topological polar surface area (TPSA) is 30.2 Å². The molecule has 0 fully saturated rings. The van der Waals surface area contributed by atoms with Crippen molar-refractivity contribution in [3.8, 4) is 11.1 Å². The van der Waals surface area contributed by atoms with Crippen LogP contribution >= 0.6 is 0 Å². The molecular formula is C20H17N3. The Hall–Kier alpha value is -3.20. The lowest BCUT2D eigenvalue weighted by Crippen LogP contribution is -1.94. The standard InChI is InChI=1S/C20H17N3/c1-3-5-10-16(9-4-2)18-13-21-20-19(14-22-23(20)15-18)17-11-7-6-8-12-17/h3-15H,1-2H2/b10-5-,16-9+. The summed E-state index contributed by atoms with van der Waals surface area (Å²) in [6.07, 6.45) is 15.0. The quantitative estimate of drug-likeness (QED) is 0.639. The van der Waals surface area contributed by atoms with Crippen molar-refractivity contribution in [3.05, 3.63) is 98.0 Å². The predicted octanol–water partition coefficient (Wildman–Crippen LogP) is 4.71. The molecule has 0 saturated heterocycles. The zero-order valence-electron chi connectivity index (χ0n) is 12.8. The van der Waals surface area contributed by atoms with Crippen LogP contribution in [0.4, 0.5) is 0 Å². The van der Waals surface area contributed by atoms with Crippen LogP contribution in [0.1, 0.15) is 5.56 Å². The van der Waals surface area contributed by atoms with E-state index in [-0.39, 0.29) is 0 Å². The third-order valence-corrected chi connectivity index (χ3v) is 3.48. The van der Waals surface area contributed by atoms with Crippen molar-refractivity contribution in [1.29, 1.82) is 0 Å². The Balaban J connectivity index is 2.07. The van der Waals surface area contributed by atoms with Crippen molar-refractivity contribution in [3.63, 3.8) is 0 Å². The molecule has 0 bridgehead atoms. The summed E-state index contributed by atoms with van der Waals surface area (Å²) in [4.78, 5) is 4.59.